The molecule has 6 heteroatoms. The van der Waals surface area contributed by atoms with Crippen LogP contribution in [-0.4, -0.2) is 27.2 Å². The van der Waals surface area contributed by atoms with Crippen molar-refractivity contribution >= 4 is 15.9 Å². The number of rotatable bonds is 4. The van der Waals surface area contributed by atoms with Crippen LogP contribution in [0.25, 0.3) is 0 Å². The molecule has 1 aliphatic carbocycles. The van der Waals surface area contributed by atoms with E-state index in [1.807, 2.05) is 14.0 Å². The number of nitrogens with zero attached hydrogens (tertiary/aromatic N) is 3. The van der Waals surface area contributed by atoms with Crippen molar-refractivity contribution in [3.63, 3.8) is 0 Å². The lowest BCUT2D eigenvalue weighted by molar-refractivity contribution is -0.0553. The van der Waals surface area contributed by atoms with E-state index in [2.05, 4.69) is 26.2 Å². The van der Waals surface area contributed by atoms with Gasteiger partial charge in [0, 0.05) is 13.7 Å². The van der Waals surface area contributed by atoms with Gasteiger partial charge in [-0.2, -0.15) is 0 Å². The van der Waals surface area contributed by atoms with E-state index in [4.69, 9.17) is 10.5 Å². The van der Waals surface area contributed by atoms with Crippen LogP contribution in [0.4, 0.5) is 0 Å². The lowest BCUT2D eigenvalue weighted by atomic mass is 9.90. The number of hydrogen-bond donors (Lipinski definition) is 1. The van der Waals surface area contributed by atoms with Crippen LogP contribution in [0.5, 0.6) is 0 Å². The highest BCUT2D eigenvalue weighted by molar-refractivity contribution is 9.10. The molecule has 1 heterocycles. The smallest absolute Gasteiger partial charge is 0.153 e. The Balaban J connectivity index is 2.31. The van der Waals surface area contributed by atoms with Crippen LogP contribution >= 0.6 is 15.9 Å². The summed E-state index contributed by atoms with van der Waals surface area (Å²) in [6, 6.07) is -0.181. The molecule has 0 bridgehead atoms. The quantitative estimate of drug-likeness (QED) is 0.923. The highest BCUT2D eigenvalue weighted by Gasteiger charge is 2.43. The minimum atomic E-state index is -0.243. The standard InChI is InChI=1S/C11H19BrN4O/c1-3-17-11(6-4-5-7-11)9(13)8-10(12)14-15-16(8)2/h9H,3-7,13H2,1-2H3. The average Bonchev–Trinajstić information content (AvgIpc) is 2.88. The molecular weight excluding hydrogens is 284 g/mol. The summed E-state index contributed by atoms with van der Waals surface area (Å²) in [5, 5.41) is 7.98. The Morgan fingerprint density at radius 2 is 2.18 bits per heavy atom. The zero-order valence-corrected chi connectivity index (χ0v) is 11.9. The predicted octanol–water partition coefficient (Wildman–Crippen LogP) is 1.93. The first-order valence-corrected chi connectivity index (χ1v) is 6.84. The molecule has 2 N–H and O–H groups in total. The summed E-state index contributed by atoms with van der Waals surface area (Å²) in [4.78, 5) is 0. The van der Waals surface area contributed by atoms with Gasteiger partial charge in [0.25, 0.3) is 0 Å². The molecule has 0 spiro atoms. The van der Waals surface area contributed by atoms with Gasteiger partial charge in [0.2, 0.25) is 0 Å². The molecule has 1 aromatic heterocycles. The Bertz CT molecular complexity index is 367. The van der Waals surface area contributed by atoms with Gasteiger partial charge in [-0.05, 0) is 35.7 Å². The number of ether oxygens (including phenoxy) is 1. The molecule has 1 saturated carbocycles. The normalized spacial score (nSPS) is 20.7. The highest BCUT2D eigenvalue weighted by Crippen LogP contribution is 2.42. The fourth-order valence-electron chi connectivity index (χ4n) is 2.72. The highest BCUT2D eigenvalue weighted by atomic mass is 79.9. The third kappa shape index (κ3) is 2.26. The van der Waals surface area contributed by atoms with Gasteiger partial charge in [-0.15, -0.1) is 5.10 Å². The second kappa shape index (κ2) is 5.04. The topological polar surface area (TPSA) is 66.0 Å². The minimum Gasteiger partial charge on any atom is -0.373 e. The van der Waals surface area contributed by atoms with E-state index in [0.29, 0.717) is 6.61 Å². The lowest BCUT2D eigenvalue weighted by Gasteiger charge is -2.34. The molecule has 0 amide bonds. The Labute approximate surface area is 110 Å². The van der Waals surface area contributed by atoms with Crippen molar-refractivity contribution in [3.05, 3.63) is 10.3 Å². The average molecular weight is 303 g/mol. The molecule has 96 valence electrons. The number of halogens is 1. The summed E-state index contributed by atoms with van der Waals surface area (Å²) in [5.41, 5.74) is 7.09. The molecular formula is C11H19BrN4O. The molecule has 2 rings (SSSR count). The second-order valence-electron chi connectivity index (χ2n) is 4.57. The van der Waals surface area contributed by atoms with E-state index in [1.54, 1.807) is 4.68 Å². The fraction of sp³-hybridized carbons (Fsp3) is 0.818. The van der Waals surface area contributed by atoms with Gasteiger partial charge >= 0.3 is 0 Å². The first-order chi connectivity index (χ1) is 8.10. The molecule has 17 heavy (non-hydrogen) atoms. The van der Waals surface area contributed by atoms with Crippen LogP contribution in [0.15, 0.2) is 4.60 Å². The molecule has 1 aliphatic rings. The van der Waals surface area contributed by atoms with Gasteiger partial charge in [-0.1, -0.05) is 18.1 Å². The first-order valence-electron chi connectivity index (χ1n) is 6.05. The van der Waals surface area contributed by atoms with Gasteiger partial charge < -0.3 is 10.5 Å². The van der Waals surface area contributed by atoms with Crippen LogP contribution in [0, 0.1) is 0 Å². The van der Waals surface area contributed by atoms with E-state index in [1.165, 1.54) is 12.8 Å². The van der Waals surface area contributed by atoms with Crippen molar-refractivity contribution in [2.45, 2.75) is 44.2 Å². The van der Waals surface area contributed by atoms with Crippen molar-refractivity contribution in [3.8, 4) is 0 Å². The monoisotopic (exact) mass is 302 g/mol. The van der Waals surface area contributed by atoms with Crippen molar-refractivity contribution in [2.24, 2.45) is 12.8 Å². The summed E-state index contributed by atoms with van der Waals surface area (Å²) in [6.45, 7) is 2.71. The summed E-state index contributed by atoms with van der Waals surface area (Å²) >= 11 is 3.41. The van der Waals surface area contributed by atoms with E-state index < -0.39 is 0 Å². The van der Waals surface area contributed by atoms with Crippen molar-refractivity contribution in [1.82, 2.24) is 15.0 Å². The summed E-state index contributed by atoms with van der Waals surface area (Å²) in [5.74, 6) is 0. The summed E-state index contributed by atoms with van der Waals surface area (Å²) < 4.78 is 8.42. The zero-order valence-electron chi connectivity index (χ0n) is 10.3. The maximum atomic E-state index is 6.41. The lowest BCUT2D eigenvalue weighted by Crippen LogP contribution is -2.42. The van der Waals surface area contributed by atoms with E-state index >= 15 is 0 Å². The second-order valence-corrected chi connectivity index (χ2v) is 5.32. The summed E-state index contributed by atoms with van der Waals surface area (Å²) in [7, 11) is 1.86. The van der Waals surface area contributed by atoms with Gasteiger partial charge in [0.1, 0.15) is 0 Å². The Kier molecular flexibility index (Phi) is 3.85. The van der Waals surface area contributed by atoms with Gasteiger partial charge in [-0.25, -0.2) is 4.68 Å². The SMILES string of the molecule is CCOC1(C(N)c2c(Br)nnn2C)CCCC1. The third-order valence-corrected chi connectivity index (χ3v) is 4.13. The Morgan fingerprint density at radius 1 is 1.53 bits per heavy atom. The maximum absolute atomic E-state index is 6.41. The van der Waals surface area contributed by atoms with Gasteiger partial charge in [-0.3, -0.25) is 0 Å². The number of hydrogen-bond acceptors (Lipinski definition) is 4. The molecule has 0 radical (unpaired) electrons. The van der Waals surface area contributed by atoms with Gasteiger partial charge in [0.05, 0.1) is 17.3 Å². The third-order valence-electron chi connectivity index (χ3n) is 3.57. The predicted molar refractivity (Wildman–Crippen MR) is 68.5 cm³/mol. The summed E-state index contributed by atoms with van der Waals surface area (Å²) in [6.07, 6.45) is 4.38. The van der Waals surface area contributed by atoms with Crippen LogP contribution in [0.3, 0.4) is 0 Å². The Morgan fingerprint density at radius 3 is 2.65 bits per heavy atom. The van der Waals surface area contributed by atoms with Gasteiger partial charge in [0.15, 0.2) is 4.60 Å². The minimum absolute atomic E-state index is 0.181. The van der Waals surface area contributed by atoms with E-state index in [0.717, 1.165) is 23.1 Å². The molecule has 1 unspecified atom stereocenters. The Hall–Kier alpha value is -0.460. The zero-order chi connectivity index (χ0) is 12.5. The van der Waals surface area contributed by atoms with Crippen LogP contribution < -0.4 is 5.73 Å². The number of nitrogens with two attached hydrogens (primary N) is 1. The van der Waals surface area contributed by atoms with Crippen LogP contribution in [0.2, 0.25) is 0 Å². The van der Waals surface area contributed by atoms with Crippen molar-refractivity contribution < 1.29 is 4.74 Å². The number of aromatic nitrogens is 3. The van der Waals surface area contributed by atoms with E-state index in [9.17, 15) is 0 Å². The van der Waals surface area contributed by atoms with E-state index in [-0.39, 0.29) is 11.6 Å². The first kappa shape index (κ1) is 13.0. The molecule has 5 nitrogen and oxygen atoms in total. The van der Waals surface area contributed by atoms with Crippen molar-refractivity contribution in [2.75, 3.05) is 6.61 Å². The van der Waals surface area contributed by atoms with Crippen LogP contribution in [0.1, 0.15) is 44.3 Å². The maximum Gasteiger partial charge on any atom is 0.153 e. The van der Waals surface area contributed by atoms with Crippen LogP contribution in [-0.2, 0) is 11.8 Å². The molecule has 1 aromatic rings. The van der Waals surface area contributed by atoms with Crippen molar-refractivity contribution in [1.29, 1.82) is 0 Å². The molecule has 1 fully saturated rings. The number of aryl methyl sites for hydroxylation is 1. The largest absolute Gasteiger partial charge is 0.373 e. The fourth-order valence-corrected chi connectivity index (χ4v) is 3.30. The molecule has 1 atom stereocenters. The molecule has 0 aromatic carbocycles. The molecule has 0 aliphatic heterocycles. The molecule has 0 saturated heterocycles.